The van der Waals surface area contributed by atoms with Gasteiger partial charge in [0, 0.05) is 31.3 Å². The highest BCUT2D eigenvalue weighted by Crippen LogP contribution is 2.30. The van der Waals surface area contributed by atoms with Crippen LogP contribution in [0.15, 0.2) is 24.3 Å². The zero-order chi connectivity index (χ0) is 14.8. The Morgan fingerprint density at radius 3 is 2.67 bits per heavy atom. The van der Waals surface area contributed by atoms with Crippen LogP contribution in [0.3, 0.4) is 0 Å². The number of ether oxygens (including phenoxy) is 1. The molecule has 5 heteroatoms. The number of rotatable bonds is 5. The summed E-state index contributed by atoms with van der Waals surface area (Å²) in [6, 6.07) is 8.03. The largest absolute Gasteiger partial charge is 0.380 e. The summed E-state index contributed by atoms with van der Waals surface area (Å²) in [5.74, 6) is 0.201. The van der Waals surface area contributed by atoms with Gasteiger partial charge >= 0.3 is 0 Å². The SMILES string of the molecule is COC1CNC(C(=O)N(Cc2ccc(Cl)cc2)C2CC2)C1. The molecule has 0 aromatic heterocycles. The van der Waals surface area contributed by atoms with Crippen LogP contribution < -0.4 is 5.32 Å². The molecule has 0 radical (unpaired) electrons. The topological polar surface area (TPSA) is 41.6 Å². The summed E-state index contributed by atoms with van der Waals surface area (Å²) >= 11 is 5.92. The van der Waals surface area contributed by atoms with Crippen LogP contribution in [0.2, 0.25) is 5.02 Å². The number of hydrogen-bond acceptors (Lipinski definition) is 3. The molecule has 2 unspecified atom stereocenters. The van der Waals surface area contributed by atoms with E-state index < -0.39 is 0 Å². The molecule has 1 aliphatic heterocycles. The summed E-state index contributed by atoms with van der Waals surface area (Å²) in [7, 11) is 1.70. The van der Waals surface area contributed by atoms with Crippen LogP contribution in [0.25, 0.3) is 0 Å². The molecule has 1 saturated carbocycles. The Kier molecular flexibility index (Phi) is 4.48. The van der Waals surface area contributed by atoms with Gasteiger partial charge in [-0.2, -0.15) is 0 Å². The maximum Gasteiger partial charge on any atom is 0.240 e. The van der Waals surface area contributed by atoms with Gasteiger partial charge in [-0.1, -0.05) is 23.7 Å². The molecule has 3 rings (SSSR count). The van der Waals surface area contributed by atoms with E-state index >= 15 is 0 Å². The molecule has 0 spiro atoms. The molecule has 2 atom stereocenters. The molecule has 1 aromatic carbocycles. The number of methoxy groups -OCH3 is 1. The van der Waals surface area contributed by atoms with Crippen LogP contribution in [0, 0.1) is 0 Å². The first kappa shape index (κ1) is 14.8. The second kappa shape index (κ2) is 6.34. The van der Waals surface area contributed by atoms with E-state index in [4.69, 9.17) is 16.3 Å². The Bertz CT molecular complexity index is 502. The van der Waals surface area contributed by atoms with Gasteiger partial charge in [0.1, 0.15) is 0 Å². The van der Waals surface area contributed by atoms with E-state index in [-0.39, 0.29) is 18.1 Å². The second-order valence-electron chi connectivity index (χ2n) is 5.88. The lowest BCUT2D eigenvalue weighted by atomic mass is 10.1. The van der Waals surface area contributed by atoms with Crippen molar-refractivity contribution in [2.45, 2.75) is 44.0 Å². The van der Waals surface area contributed by atoms with Crippen molar-refractivity contribution >= 4 is 17.5 Å². The minimum Gasteiger partial charge on any atom is -0.380 e. The van der Waals surface area contributed by atoms with Crippen molar-refractivity contribution in [2.24, 2.45) is 0 Å². The predicted molar refractivity (Wildman–Crippen MR) is 82.2 cm³/mol. The number of nitrogens with zero attached hydrogens (tertiary/aromatic N) is 1. The Morgan fingerprint density at radius 2 is 2.10 bits per heavy atom. The molecule has 0 bridgehead atoms. The van der Waals surface area contributed by atoms with Gasteiger partial charge in [0.2, 0.25) is 5.91 Å². The lowest BCUT2D eigenvalue weighted by Crippen LogP contribution is -2.44. The Labute approximate surface area is 130 Å². The van der Waals surface area contributed by atoms with E-state index in [0.29, 0.717) is 12.6 Å². The van der Waals surface area contributed by atoms with Gasteiger partial charge in [0.15, 0.2) is 0 Å². The number of benzene rings is 1. The predicted octanol–water partition coefficient (Wildman–Crippen LogP) is 2.21. The molecule has 1 N–H and O–H groups in total. The maximum absolute atomic E-state index is 12.7. The monoisotopic (exact) mass is 308 g/mol. The van der Waals surface area contributed by atoms with Gasteiger partial charge in [-0.15, -0.1) is 0 Å². The fourth-order valence-corrected chi connectivity index (χ4v) is 2.96. The summed E-state index contributed by atoms with van der Waals surface area (Å²) in [6.45, 7) is 1.42. The zero-order valence-corrected chi connectivity index (χ0v) is 13.0. The number of carbonyl (C=O) groups is 1. The number of hydrogen-bond donors (Lipinski definition) is 1. The molecule has 2 fully saturated rings. The second-order valence-corrected chi connectivity index (χ2v) is 6.31. The first-order valence-electron chi connectivity index (χ1n) is 7.48. The van der Waals surface area contributed by atoms with Crippen molar-refractivity contribution < 1.29 is 9.53 Å². The molecule has 1 amide bonds. The fraction of sp³-hybridized carbons (Fsp3) is 0.562. The maximum atomic E-state index is 12.7. The normalized spacial score (nSPS) is 25.0. The standard InChI is InChI=1S/C16H21ClN2O2/c1-21-14-8-15(18-9-14)16(20)19(13-6-7-13)10-11-2-4-12(17)5-3-11/h2-5,13-15,18H,6-10H2,1H3. The first-order valence-corrected chi connectivity index (χ1v) is 7.86. The van der Waals surface area contributed by atoms with Gasteiger partial charge in [-0.3, -0.25) is 4.79 Å². The average Bonchev–Trinajstić information content (AvgIpc) is 3.22. The van der Waals surface area contributed by atoms with Gasteiger partial charge in [-0.25, -0.2) is 0 Å². The van der Waals surface area contributed by atoms with Crippen LogP contribution in [0.1, 0.15) is 24.8 Å². The van der Waals surface area contributed by atoms with E-state index in [1.807, 2.05) is 29.2 Å². The van der Waals surface area contributed by atoms with Crippen molar-refractivity contribution in [3.8, 4) is 0 Å². The summed E-state index contributed by atoms with van der Waals surface area (Å²) in [5, 5.41) is 4.00. The molecule has 1 heterocycles. The van der Waals surface area contributed by atoms with Gasteiger partial charge in [-0.05, 0) is 37.0 Å². The number of halogens is 1. The Balaban J connectivity index is 1.67. The van der Waals surface area contributed by atoms with Gasteiger partial charge in [0.05, 0.1) is 12.1 Å². The highest BCUT2D eigenvalue weighted by molar-refractivity contribution is 6.30. The summed E-state index contributed by atoms with van der Waals surface area (Å²) < 4.78 is 5.33. The highest BCUT2D eigenvalue weighted by atomic mass is 35.5. The van der Waals surface area contributed by atoms with Gasteiger partial charge < -0.3 is 15.0 Å². The summed E-state index contributed by atoms with van der Waals surface area (Å²) in [6.07, 6.45) is 3.13. The third-order valence-electron chi connectivity index (χ3n) is 4.26. The minimum atomic E-state index is -0.108. The molecule has 2 aliphatic rings. The molecular weight excluding hydrogens is 288 g/mol. The molecule has 114 valence electrons. The third kappa shape index (κ3) is 3.57. The summed E-state index contributed by atoms with van der Waals surface area (Å²) in [4.78, 5) is 14.8. The number of nitrogens with one attached hydrogen (secondary N) is 1. The van der Waals surface area contributed by atoms with Crippen LogP contribution in [-0.2, 0) is 16.1 Å². The van der Waals surface area contributed by atoms with E-state index in [1.54, 1.807) is 7.11 Å². The number of carbonyl (C=O) groups excluding carboxylic acids is 1. The van der Waals surface area contributed by atoms with Gasteiger partial charge in [0.25, 0.3) is 0 Å². The zero-order valence-electron chi connectivity index (χ0n) is 12.2. The van der Waals surface area contributed by atoms with Crippen LogP contribution >= 0.6 is 11.6 Å². The van der Waals surface area contributed by atoms with Crippen molar-refractivity contribution in [2.75, 3.05) is 13.7 Å². The molecular formula is C16H21ClN2O2. The third-order valence-corrected chi connectivity index (χ3v) is 4.51. The van der Waals surface area contributed by atoms with Crippen molar-refractivity contribution in [3.05, 3.63) is 34.9 Å². The van der Waals surface area contributed by atoms with E-state index in [2.05, 4.69) is 5.32 Å². The highest BCUT2D eigenvalue weighted by Gasteiger charge is 2.38. The molecule has 1 aliphatic carbocycles. The summed E-state index contributed by atoms with van der Waals surface area (Å²) in [5.41, 5.74) is 1.13. The Morgan fingerprint density at radius 1 is 1.38 bits per heavy atom. The van der Waals surface area contributed by atoms with Crippen LogP contribution in [0.5, 0.6) is 0 Å². The minimum absolute atomic E-state index is 0.108. The van der Waals surface area contributed by atoms with E-state index in [1.165, 1.54) is 0 Å². The smallest absolute Gasteiger partial charge is 0.240 e. The molecule has 21 heavy (non-hydrogen) atoms. The quantitative estimate of drug-likeness (QED) is 0.907. The van der Waals surface area contributed by atoms with E-state index in [9.17, 15) is 4.79 Å². The fourth-order valence-electron chi connectivity index (χ4n) is 2.83. The number of amides is 1. The lowest BCUT2D eigenvalue weighted by Gasteiger charge is -2.26. The lowest BCUT2D eigenvalue weighted by molar-refractivity contribution is -0.134. The van der Waals surface area contributed by atoms with Crippen LogP contribution in [-0.4, -0.2) is 42.6 Å². The molecule has 1 saturated heterocycles. The molecule has 4 nitrogen and oxygen atoms in total. The first-order chi connectivity index (χ1) is 10.2. The Hall–Kier alpha value is -1.10. The van der Waals surface area contributed by atoms with E-state index in [0.717, 1.165) is 36.4 Å². The van der Waals surface area contributed by atoms with Crippen molar-refractivity contribution in [1.29, 1.82) is 0 Å². The average molecular weight is 309 g/mol. The van der Waals surface area contributed by atoms with Crippen LogP contribution in [0.4, 0.5) is 0 Å². The van der Waals surface area contributed by atoms with Crippen molar-refractivity contribution in [1.82, 2.24) is 10.2 Å². The molecule has 1 aromatic rings. The van der Waals surface area contributed by atoms with Crippen molar-refractivity contribution in [3.63, 3.8) is 0 Å².